The van der Waals surface area contributed by atoms with Crippen molar-refractivity contribution >= 4 is 66.7 Å². The molecule has 10 nitrogen and oxygen atoms in total. The maximum atomic E-state index is 6.23. The molecular weight excluding hydrogens is 961 g/mol. The average molecular weight is 1010 g/mol. The molecule has 0 saturated heterocycles. The van der Waals surface area contributed by atoms with Gasteiger partial charge in [0.2, 0.25) is 23.6 Å². The lowest BCUT2D eigenvalue weighted by Crippen LogP contribution is -2.10. The van der Waals surface area contributed by atoms with Crippen LogP contribution in [-0.4, -0.2) is 30.4 Å². The van der Waals surface area contributed by atoms with Crippen LogP contribution in [0.3, 0.4) is 0 Å². The summed E-state index contributed by atoms with van der Waals surface area (Å²) in [7, 11) is 0. The summed E-state index contributed by atoms with van der Waals surface area (Å²) in [6.07, 6.45) is 0. The van der Waals surface area contributed by atoms with Gasteiger partial charge in [0.15, 0.2) is 0 Å². The van der Waals surface area contributed by atoms with E-state index in [0.717, 1.165) is 111 Å². The lowest BCUT2D eigenvalue weighted by molar-refractivity contribution is 0.584. The minimum Gasteiger partial charge on any atom is -0.416 e. The smallest absolute Gasteiger partial charge is 0.248 e. The number of hydrogen-bond acceptors (Lipinski definition) is 10. The highest BCUT2D eigenvalue weighted by atomic mass is 16.4. The Balaban J connectivity index is 0.756. The minimum absolute atomic E-state index is 0.454. The van der Waals surface area contributed by atoms with Crippen molar-refractivity contribution in [1.29, 1.82) is 0 Å². The SMILES string of the molecule is c1ccc(N(c2ccc(-c3nnc(-c4ccc5ccccc5c4)o3)cc2)c2ccc(-c3nc4ccccc4nc3-c3ccc(N(c4ccccc4)c4ccc(-c5nnc(-c6ccc7ccccc7c6)o5)cc4)cc3)cc2)cc1. The highest BCUT2D eigenvalue weighted by molar-refractivity contribution is 5.90. The van der Waals surface area contributed by atoms with Crippen molar-refractivity contribution < 1.29 is 8.83 Å². The highest BCUT2D eigenvalue weighted by Crippen LogP contribution is 2.41. The van der Waals surface area contributed by atoms with Crippen LogP contribution >= 0.6 is 0 Å². The quantitative estimate of drug-likeness (QED) is 0.117. The zero-order valence-electron chi connectivity index (χ0n) is 41.8. The Morgan fingerprint density at radius 1 is 0.231 bits per heavy atom. The summed E-state index contributed by atoms with van der Waals surface area (Å²) in [5.41, 5.74) is 14.4. The van der Waals surface area contributed by atoms with Gasteiger partial charge in [0.25, 0.3) is 0 Å². The maximum Gasteiger partial charge on any atom is 0.248 e. The lowest BCUT2D eigenvalue weighted by Gasteiger charge is -2.26. The first kappa shape index (κ1) is 45.7. The summed E-state index contributed by atoms with van der Waals surface area (Å²) >= 11 is 0. The molecule has 0 N–H and O–H groups in total. The number of nitrogens with zero attached hydrogens (tertiary/aromatic N) is 8. The van der Waals surface area contributed by atoms with E-state index in [9.17, 15) is 0 Å². The van der Waals surface area contributed by atoms with Crippen LogP contribution in [0.5, 0.6) is 0 Å². The Hall–Kier alpha value is -10.8. The summed E-state index contributed by atoms with van der Waals surface area (Å²) in [6.45, 7) is 0. The highest BCUT2D eigenvalue weighted by Gasteiger charge is 2.20. The van der Waals surface area contributed by atoms with Crippen LogP contribution in [0.25, 0.3) is 101 Å². The molecule has 0 unspecified atom stereocenters. The second-order valence-electron chi connectivity index (χ2n) is 18.9. The number of anilines is 6. The predicted molar refractivity (Wildman–Crippen MR) is 312 cm³/mol. The zero-order valence-corrected chi connectivity index (χ0v) is 41.8. The van der Waals surface area contributed by atoms with E-state index in [1.807, 2.05) is 97.1 Å². The zero-order chi connectivity index (χ0) is 51.8. The summed E-state index contributed by atoms with van der Waals surface area (Å²) < 4.78 is 12.5. The number of aromatic nitrogens is 6. The van der Waals surface area contributed by atoms with Crippen LogP contribution in [0.2, 0.25) is 0 Å². The van der Waals surface area contributed by atoms with E-state index in [4.69, 9.17) is 18.8 Å². The monoisotopic (exact) mass is 1000 g/mol. The van der Waals surface area contributed by atoms with Crippen molar-refractivity contribution in [2.45, 2.75) is 0 Å². The Bertz CT molecular complexity index is 4140. The number of fused-ring (bicyclic) bond motifs is 3. The third-order valence-electron chi connectivity index (χ3n) is 14.0. The van der Waals surface area contributed by atoms with Gasteiger partial charge < -0.3 is 18.6 Å². The summed E-state index contributed by atoms with van der Waals surface area (Å²) in [4.78, 5) is 15.0. The molecule has 0 bridgehead atoms. The molecule has 0 aliphatic rings. The van der Waals surface area contributed by atoms with E-state index >= 15 is 0 Å². The minimum atomic E-state index is 0.454. The van der Waals surface area contributed by atoms with E-state index < -0.39 is 0 Å². The third-order valence-corrected chi connectivity index (χ3v) is 14.0. The first-order chi connectivity index (χ1) is 38.6. The first-order valence-electron chi connectivity index (χ1n) is 25.7. The molecule has 11 aromatic carbocycles. The van der Waals surface area contributed by atoms with Gasteiger partial charge in [0.05, 0.1) is 22.4 Å². The molecule has 0 atom stereocenters. The van der Waals surface area contributed by atoms with E-state index in [0.29, 0.717) is 23.6 Å². The molecule has 0 aliphatic carbocycles. The van der Waals surface area contributed by atoms with Crippen molar-refractivity contribution in [3.05, 3.63) is 267 Å². The number of rotatable bonds is 12. The van der Waals surface area contributed by atoms with Crippen LogP contribution in [0.4, 0.5) is 34.1 Å². The van der Waals surface area contributed by atoms with Crippen molar-refractivity contribution in [3.8, 4) is 68.3 Å². The topological polar surface area (TPSA) is 110 Å². The molecule has 0 amide bonds. The van der Waals surface area contributed by atoms with Gasteiger partial charge in [-0.25, -0.2) is 9.97 Å². The first-order valence-corrected chi connectivity index (χ1v) is 25.7. The molecule has 14 aromatic rings. The van der Waals surface area contributed by atoms with Crippen LogP contribution in [0.1, 0.15) is 0 Å². The van der Waals surface area contributed by atoms with Crippen LogP contribution < -0.4 is 9.80 Å². The molecule has 0 radical (unpaired) electrons. The van der Waals surface area contributed by atoms with Crippen LogP contribution in [-0.2, 0) is 0 Å². The Morgan fingerprint density at radius 2 is 0.513 bits per heavy atom. The molecule has 0 aliphatic heterocycles. The Kier molecular flexibility index (Phi) is 11.6. The van der Waals surface area contributed by atoms with Crippen LogP contribution in [0, 0.1) is 0 Å². The molecule has 3 aromatic heterocycles. The van der Waals surface area contributed by atoms with E-state index in [-0.39, 0.29) is 0 Å². The van der Waals surface area contributed by atoms with Gasteiger partial charge in [-0.15, -0.1) is 20.4 Å². The van der Waals surface area contributed by atoms with Gasteiger partial charge in [0, 0.05) is 67.5 Å². The normalized spacial score (nSPS) is 11.3. The molecule has 368 valence electrons. The molecule has 3 heterocycles. The largest absolute Gasteiger partial charge is 0.416 e. The standard InChI is InChI=1S/C68H44N8O2/c1-3-17-55(18-4-1)75(59-39-31-49(32-40-59)65-71-73-67(77-65)53-25-23-45-13-7-9-15-51(45)43-53)57-35-27-47(28-36-57)63-64(70-62-22-12-11-21-61(62)69-63)48-29-37-58(38-30-48)76(56-19-5-2-6-20-56)60-41-33-50(34-42-60)66-72-74-68(78-66)54-26-24-46-14-8-10-16-52(46)44-54/h1-44H. The van der Waals surface area contributed by atoms with Crippen molar-refractivity contribution in [2.24, 2.45) is 0 Å². The fraction of sp³-hybridized carbons (Fsp3) is 0. The average Bonchev–Trinajstić information content (AvgIpc) is 4.23. The number of para-hydroxylation sites is 4. The molecule has 78 heavy (non-hydrogen) atoms. The van der Waals surface area contributed by atoms with Crippen LogP contribution in [0.15, 0.2) is 276 Å². The number of hydrogen-bond donors (Lipinski definition) is 0. The van der Waals surface area contributed by atoms with Gasteiger partial charge in [-0.3, -0.25) is 0 Å². The maximum absolute atomic E-state index is 6.23. The molecule has 0 fully saturated rings. The van der Waals surface area contributed by atoms with Gasteiger partial charge in [-0.05, 0) is 155 Å². The van der Waals surface area contributed by atoms with Crippen molar-refractivity contribution in [3.63, 3.8) is 0 Å². The van der Waals surface area contributed by atoms with Gasteiger partial charge in [0.1, 0.15) is 0 Å². The molecule has 14 rings (SSSR count). The fourth-order valence-corrected chi connectivity index (χ4v) is 10.1. The van der Waals surface area contributed by atoms with E-state index in [1.54, 1.807) is 0 Å². The second kappa shape index (κ2) is 19.8. The Morgan fingerprint density at radius 3 is 0.885 bits per heavy atom. The molecule has 0 saturated carbocycles. The second-order valence-corrected chi connectivity index (χ2v) is 18.9. The van der Waals surface area contributed by atoms with Gasteiger partial charge in [-0.2, -0.15) is 0 Å². The van der Waals surface area contributed by atoms with E-state index in [1.165, 1.54) is 0 Å². The molecule has 10 heteroatoms. The lowest BCUT2D eigenvalue weighted by atomic mass is 10.0. The van der Waals surface area contributed by atoms with E-state index in [2.05, 4.69) is 200 Å². The fourth-order valence-electron chi connectivity index (χ4n) is 10.1. The Labute approximate surface area is 448 Å². The summed E-state index contributed by atoms with van der Waals surface area (Å²) in [5, 5.41) is 22.2. The predicted octanol–water partition coefficient (Wildman–Crippen LogP) is 17.6. The summed E-state index contributed by atoms with van der Waals surface area (Å²) in [6, 6.07) is 91.0. The van der Waals surface area contributed by atoms with Gasteiger partial charge >= 0.3 is 0 Å². The van der Waals surface area contributed by atoms with Crippen molar-refractivity contribution in [2.75, 3.05) is 9.80 Å². The number of benzene rings is 11. The summed E-state index contributed by atoms with van der Waals surface area (Å²) in [5.74, 6) is 1.86. The van der Waals surface area contributed by atoms with Crippen molar-refractivity contribution in [1.82, 2.24) is 30.4 Å². The molecular formula is C68H44N8O2. The van der Waals surface area contributed by atoms with Gasteiger partial charge in [-0.1, -0.05) is 133 Å². The molecule has 0 spiro atoms. The third kappa shape index (κ3) is 8.84.